The Hall–Kier alpha value is -2.91. The van der Waals surface area contributed by atoms with Gasteiger partial charge >= 0.3 is 18.0 Å². The number of hydrogen-bond acceptors (Lipinski definition) is 5. The minimum Gasteiger partial charge on any atom is -0.481 e. The molecule has 1 heterocycles. The number of benzene rings is 1. The molecule has 1 fully saturated rings. The summed E-state index contributed by atoms with van der Waals surface area (Å²) in [4.78, 5) is 27.3. The molecule has 7 nitrogen and oxygen atoms in total. The van der Waals surface area contributed by atoms with Crippen LogP contribution in [0.25, 0.3) is 11.4 Å². The lowest BCUT2D eigenvalue weighted by Crippen LogP contribution is -2.44. The van der Waals surface area contributed by atoms with Gasteiger partial charge in [-0.1, -0.05) is 36.6 Å². The van der Waals surface area contributed by atoms with Crippen LogP contribution >= 0.6 is 0 Å². The lowest BCUT2D eigenvalue weighted by atomic mass is 9.74. The van der Waals surface area contributed by atoms with Crippen LogP contribution in [0.2, 0.25) is 0 Å². The molecule has 1 aromatic carbocycles. The van der Waals surface area contributed by atoms with E-state index in [1.165, 1.54) is 24.3 Å². The third-order valence-corrected chi connectivity index (χ3v) is 4.93. The fraction of sp³-hybridized carbons (Fsp3) is 0.444. The summed E-state index contributed by atoms with van der Waals surface area (Å²) in [5.74, 6) is -3.07. The van der Waals surface area contributed by atoms with Crippen molar-refractivity contribution in [3.05, 3.63) is 35.7 Å². The smallest absolute Gasteiger partial charge is 0.471 e. The molecule has 0 radical (unpaired) electrons. The largest absolute Gasteiger partial charge is 0.481 e. The van der Waals surface area contributed by atoms with Gasteiger partial charge in [-0.25, -0.2) is 0 Å². The maximum absolute atomic E-state index is 12.5. The van der Waals surface area contributed by atoms with Crippen LogP contribution in [0.4, 0.5) is 13.2 Å². The summed E-state index contributed by atoms with van der Waals surface area (Å²) in [5, 5.41) is 15.5. The average Bonchev–Trinajstić information content (AvgIpc) is 3.17. The zero-order chi connectivity index (χ0) is 20.4. The molecule has 0 atom stereocenters. The summed E-state index contributed by atoms with van der Waals surface area (Å²) in [5.41, 5.74) is -0.448. The average molecular weight is 397 g/mol. The van der Waals surface area contributed by atoms with Crippen molar-refractivity contribution in [2.75, 3.05) is 6.54 Å². The number of carbonyl (C=O) groups excluding carboxylic acids is 1. The van der Waals surface area contributed by atoms with E-state index in [0.29, 0.717) is 12.8 Å². The maximum Gasteiger partial charge on any atom is 0.471 e. The van der Waals surface area contributed by atoms with E-state index in [1.54, 1.807) is 0 Å². The van der Waals surface area contributed by atoms with Crippen LogP contribution in [-0.4, -0.2) is 33.7 Å². The van der Waals surface area contributed by atoms with Crippen LogP contribution in [0.1, 0.15) is 48.4 Å². The number of nitrogens with zero attached hydrogens (tertiary/aromatic N) is 2. The normalized spacial score (nSPS) is 16.5. The Labute approximate surface area is 157 Å². The summed E-state index contributed by atoms with van der Waals surface area (Å²) in [6, 6.07) is 5.60. The lowest BCUT2D eigenvalue weighted by molar-refractivity contribution is -0.159. The molecule has 10 heteroatoms. The van der Waals surface area contributed by atoms with Gasteiger partial charge < -0.3 is 14.9 Å². The highest BCUT2D eigenvalue weighted by atomic mass is 19.4. The van der Waals surface area contributed by atoms with Crippen LogP contribution < -0.4 is 5.32 Å². The fourth-order valence-electron chi connectivity index (χ4n) is 3.27. The molecule has 0 bridgehead atoms. The molecular weight excluding hydrogens is 379 g/mol. The van der Waals surface area contributed by atoms with Crippen LogP contribution in [0.5, 0.6) is 0 Å². The topological polar surface area (TPSA) is 105 Å². The number of carbonyl (C=O) groups is 2. The van der Waals surface area contributed by atoms with E-state index in [2.05, 4.69) is 20.0 Å². The van der Waals surface area contributed by atoms with Gasteiger partial charge in [0.15, 0.2) is 0 Å². The predicted octanol–water partition coefficient (Wildman–Crippen LogP) is 3.52. The van der Waals surface area contributed by atoms with Crippen molar-refractivity contribution in [3.8, 4) is 11.4 Å². The van der Waals surface area contributed by atoms with E-state index in [-0.39, 0.29) is 23.5 Å². The highest BCUT2D eigenvalue weighted by Gasteiger charge is 2.40. The van der Waals surface area contributed by atoms with Crippen LogP contribution in [-0.2, 0) is 11.0 Å². The Balaban J connectivity index is 1.67. The van der Waals surface area contributed by atoms with Crippen LogP contribution in [0.3, 0.4) is 0 Å². The van der Waals surface area contributed by atoms with Gasteiger partial charge in [-0.15, -0.1) is 0 Å². The van der Waals surface area contributed by atoms with Gasteiger partial charge in [0.2, 0.25) is 5.82 Å². The van der Waals surface area contributed by atoms with Crippen molar-refractivity contribution in [1.82, 2.24) is 15.5 Å². The van der Waals surface area contributed by atoms with Gasteiger partial charge in [-0.05, 0) is 25.0 Å². The molecule has 1 aromatic heterocycles. The first-order chi connectivity index (χ1) is 13.2. The number of aliphatic carboxylic acids is 1. The number of aromatic nitrogens is 2. The van der Waals surface area contributed by atoms with Gasteiger partial charge in [0.05, 0.1) is 5.41 Å². The molecule has 2 N–H and O–H groups in total. The number of rotatable bonds is 5. The molecular formula is C18H18F3N3O4. The Morgan fingerprint density at radius 1 is 1.14 bits per heavy atom. The maximum atomic E-state index is 12.5. The van der Waals surface area contributed by atoms with Gasteiger partial charge in [-0.3, -0.25) is 9.59 Å². The van der Waals surface area contributed by atoms with E-state index in [9.17, 15) is 27.9 Å². The number of carboxylic acid groups (broad SMARTS) is 1. The molecule has 2 aromatic rings. The second kappa shape index (κ2) is 7.61. The molecule has 0 unspecified atom stereocenters. The Bertz CT molecular complexity index is 856. The Morgan fingerprint density at radius 3 is 2.32 bits per heavy atom. The first-order valence-electron chi connectivity index (χ1n) is 8.74. The van der Waals surface area contributed by atoms with Crippen LogP contribution in [0, 0.1) is 5.41 Å². The van der Waals surface area contributed by atoms with Crippen molar-refractivity contribution < 1.29 is 32.4 Å². The zero-order valence-electron chi connectivity index (χ0n) is 14.8. The van der Waals surface area contributed by atoms with E-state index in [0.717, 1.165) is 19.3 Å². The SMILES string of the molecule is O=C(NCC1(C(=O)O)CCCCC1)c1ccc(-c2noc(C(F)(F)F)n2)cc1. The van der Waals surface area contributed by atoms with Crippen molar-refractivity contribution in [1.29, 1.82) is 0 Å². The van der Waals surface area contributed by atoms with E-state index < -0.39 is 29.4 Å². The molecule has 0 saturated heterocycles. The zero-order valence-corrected chi connectivity index (χ0v) is 14.8. The molecule has 3 rings (SSSR count). The summed E-state index contributed by atoms with van der Waals surface area (Å²) >= 11 is 0. The first-order valence-corrected chi connectivity index (χ1v) is 8.74. The Morgan fingerprint density at radius 2 is 1.79 bits per heavy atom. The van der Waals surface area contributed by atoms with Gasteiger partial charge in [-0.2, -0.15) is 18.2 Å². The minimum atomic E-state index is -4.73. The molecule has 1 aliphatic rings. The summed E-state index contributed by atoms with van der Waals surface area (Å²) in [6.07, 6.45) is -1.11. The van der Waals surface area contributed by atoms with E-state index >= 15 is 0 Å². The second-order valence-corrected chi connectivity index (χ2v) is 6.83. The van der Waals surface area contributed by atoms with E-state index in [4.69, 9.17) is 0 Å². The number of hydrogen-bond donors (Lipinski definition) is 2. The lowest BCUT2D eigenvalue weighted by Gasteiger charge is -2.33. The monoisotopic (exact) mass is 397 g/mol. The number of carboxylic acids is 1. The van der Waals surface area contributed by atoms with Crippen LogP contribution in [0.15, 0.2) is 28.8 Å². The molecule has 1 amide bonds. The van der Waals surface area contributed by atoms with Crippen molar-refractivity contribution in [3.63, 3.8) is 0 Å². The van der Waals surface area contributed by atoms with Crippen molar-refractivity contribution in [2.45, 2.75) is 38.3 Å². The summed E-state index contributed by atoms with van der Waals surface area (Å²) in [6.45, 7) is 0.0305. The molecule has 1 saturated carbocycles. The first kappa shape index (κ1) is 19.8. The number of halogens is 3. The number of alkyl halides is 3. The molecule has 150 valence electrons. The quantitative estimate of drug-likeness (QED) is 0.800. The Kier molecular flexibility index (Phi) is 5.39. The third kappa shape index (κ3) is 4.15. The summed E-state index contributed by atoms with van der Waals surface area (Å²) in [7, 11) is 0. The minimum absolute atomic E-state index is 0.0305. The number of nitrogens with one attached hydrogen (secondary N) is 1. The van der Waals surface area contributed by atoms with Crippen molar-refractivity contribution >= 4 is 11.9 Å². The number of amides is 1. The molecule has 0 aliphatic heterocycles. The van der Waals surface area contributed by atoms with Gasteiger partial charge in [0.1, 0.15) is 0 Å². The highest BCUT2D eigenvalue weighted by molar-refractivity contribution is 5.95. The molecule has 0 spiro atoms. The van der Waals surface area contributed by atoms with Gasteiger partial charge in [0, 0.05) is 17.7 Å². The molecule has 28 heavy (non-hydrogen) atoms. The second-order valence-electron chi connectivity index (χ2n) is 6.83. The van der Waals surface area contributed by atoms with E-state index in [1.807, 2.05) is 0 Å². The standard InChI is InChI=1S/C18H18F3N3O4/c19-18(20,21)15-23-13(24-28-15)11-4-6-12(7-5-11)14(25)22-10-17(16(26)27)8-2-1-3-9-17/h4-7H,1-3,8-10H2,(H,22,25)(H,26,27). The van der Waals surface area contributed by atoms with Gasteiger partial charge in [0.25, 0.3) is 5.91 Å². The van der Waals surface area contributed by atoms with Crippen molar-refractivity contribution in [2.24, 2.45) is 5.41 Å². The fourth-order valence-corrected chi connectivity index (χ4v) is 3.27. The summed E-state index contributed by atoms with van der Waals surface area (Å²) < 4.78 is 41.7. The highest BCUT2D eigenvalue weighted by Crippen LogP contribution is 2.36. The third-order valence-electron chi connectivity index (χ3n) is 4.93. The molecule has 1 aliphatic carbocycles. The predicted molar refractivity (Wildman–Crippen MR) is 90.2 cm³/mol.